The summed E-state index contributed by atoms with van der Waals surface area (Å²) in [6, 6.07) is 19.5. The Labute approximate surface area is 148 Å². The normalized spacial score (nSPS) is 10.5. The van der Waals surface area contributed by atoms with Crippen molar-refractivity contribution < 1.29 is 4.79 Å². The Bertz CT molecular complexity index is 801. The van der Waals surface area contributed by atoms with Crippen molar-refractivity contribution in [2.24, 2.45) is 0 Å². The SMILES string of the molecule is CCN(CC)c1ccc(NC(=O)c2ccc(-n3cccc3)cc2)cc1. The Balaban J connectivity index is 1.67. The quantitative estimate of drug-likeness (QED) is 0.717. The number of nitrogens with zero attached hydrogens (tertiary/aromatic N) is 2. The zero-order valence-electron chi connectivity index (χ0n) is 14.6. The average molecular weight is 333 g/mol. The monoisotopic (exact) mass is 333 g/mol. The summed E-state index contributed by atoms with van der Waals surface area (Å²) in [5, 5.41) is 2.95. The van der Waals surface area contributed by atoms with Crippen molar-refractivity contribution in [1.82, 2.24) is 4.57 Å². The number of amides is 1. The minimum Gasteiger partial charge on any atom is -0.372 e. The summed E-state index contributed by atoms with van der Waals surface area (Å²) in [4.78, 5) is 14.7. The van der Waals surface area contributed by atoms with Crippen LogP contribution < -0.4 is 10.2 Å². The molecule has 3 aromatic rings. The van der Waals surface area contributed by atoms with Gasteiger partial charge in [0.25, 0.3) is 5.91 Å². The summed E-state index contributed by atoms with van der Waals surface area (Å²) in [5.41, 5.74) is 3.64. The molecule has 0 saturated carbocycles. The number of hydrogen-bond acceptors (Lipinski definition) is 2. The van der Waals surface area contributed by atoms with E-state index < -0.39 is 0 Å². The number of hydrogen-bond donors (Lipinski definition) is 1. The number of nitrogens with one attached hydrogen (secondary N) is 1. The third kappa shape index (κ3) is 3.91. The van der Waals surface area contributed by atoms with E-state index in [0.717, 1.165) is 24.5 Å². The lowest BCUT2D eigenvalue weighted by Crippen LogP contribution is -2.21. The van der Waals surface area contributed by atoms with E-state index in [2.05, 4.69) is 24.1 Å². The summed E-state index contributed by atoms with van der Waals surface area (Å²) in [6.07, 6.45) is 3.96. The summed E-state index contributed by atoms with van der Waals surface area (Å²) >= 11 is 0. The lowest BCUT2D eigenvalue weighted by atomic mass is 10.2. The van der Waals surface area contributed by atoms with Crippen molar-refractivity contribution in [3.05, 3.63) is 78.6 Å². The lowest BCUT2D eigenvalue weighted by Gasteiger charge is -2.21. The van der Waals surface area contributed by atoms with Crippen LogP contribution in [0.15, 0.2) is 73.1 Å². The molecule has 0 radical (unpaired) electrons. The fraction of sp³-hybridized carbons (Fsp3) is 0.190. The molecule has 0 atom stereocenters. The van der Waals surface area contributed by atoms with E-state index >= 15 is 0 Å². The van der Waals surface area contributed by atoms with Crippen LogP contribution in [0, 0.1) is 0 Å². The molecule has 4 heteroatoms. The molecule has 3 rings (SSSR count). The highest BCUT2D eigenvalue weighted by Gasteiger charge is 2.07. The molecular formula is C21H23N3O. The van der Waals surface area contributed by atoms with Crippen LogP contribution in [0.1, 0.15) is 24.2 Å². The van der Waals surface area contributed by atoms with Gasteiger partial charge in [-0.25, -0.2) is 0 Å². The molecule has 0 aliphatic heterocycles. The van der Waals surface area contributed by atoms with Gasteiger partial charge in [0, 0.05) is 48.1 Å². The van der Waals surface area contributed by atoms with Crippen LogP contribution in [0.2, 0.25) is 0 Å². The van der Waals surface area contributed by atoms with E-state index in [9.17, 15) is 4.79 Å². The molecule has 0 bridgehead atoms. The maximum absolute atomic E-state index is 12.4. The van der Waals surface area contributed by atoms with Gasteiger partial charge in [0.15, 0.2) is 0 Å². The minimum absolute atomic E-state index is 0.102. The molecule has 0 aliphatic rings. The van der Waals surface area contributed by atoms with Gasteiger partial charge in [-0.15, -0.1) is 0 Å². The third-order valence-electron chi connectivity index (χ3n) is 4.29. The van der Waals surface area contributed by atoms with E-state index in [1.54, 1.807) is 0 Å². The van der Waals surface area contributed by atoms with Crippen LogP contribution in [0.25, 0.3) is 5.69 Å². The second-order valence-electron chi connectivity index (χ2n) is 5.81. The first-order valence-electron chi connectivity index (χ1n) is 8.61. The molecule has 1 aromatic heterocycles. The first-order chi connectivity index (χ1) is 12.2. The van der Waals surface area contributed by atoms with Gasteiger partial charge in [0.05, 0.1) is 0 Å². The third-order valence-corrected chi connectivity index (χ3v) is 4.29. The highest BCUT2D eigenvalue weighted by atomic mass is 16.1. The van der Waals surface area contributed by atoms with Crippen LogP contribution in [-0.4, -0.2) is 23.6 Å². The van der Waals surface area contributed by atoms with Gasteiger partial charge >= 0.3 is 0 Å². The lowest BCUT2D eigenvalue weighted by molar-refractivity contribution is 0.102. The number of aromatic nitrogens is 1. The Hall–Kier alpha value is -3.01. The zero-order valence-corrected chi connectivity index (χ0v) is 14.6. The van der Waals surface area contributed by atoms with Crippen LogP contribution >= 0.6 is 0 Å². The summed E-state index contributed by atoms with van der Waals surface area (Å²) in [5.74, 6) is -0.102. The Morgan fingerprint density at radius 1 is 0.920 bits per heavy atom. The van der Waals surface area contributed by atoms with Gasteiger partial charge in [0.1, 0.15) is 0 Å². The van der Waals surface area contributed by atoms with Crippen molar-refractivity contribution in [3.8, 4) is 5.69 Å². The number of rotatable bonds is 6. The van der Waals surface area contributed by atoms with Gasteiger partial charge in [-0.3, -0.25) is 4.79 Å². The molecule has 0 unspecified atom stereocenters. The molecule has 0 spiro atoms. The van der Waals surface area contributed by atoms with Crippen LogP contribution in [0.5, 0.6) is 0 Å². The Kier molecular flexibility index (Phi) is 5.19. The largest absolute Gasteiger partial charge is 0.372 e. The molecular weight excluding hydrogens is 310 g/mol. The summed E-state index contributed by atoms with van der Waals surface area (Å²) in [7, 11) is 0. The predicted octanol–water partition coefficient (Wildman–Crippen LogP) is 4.58. The van der Waals surface area contributed by atoms with E-state index in [4.69, 9.17) is 0 Å². The van der Waals surface area contributed by atoms with Crippen molar-refractivity contribution in [2.75, 3.05) is 23.3 Å². The van der Waals surface area contributed by atoms with Crippen molar-refractivity contribution in [3.63, 3.8) is 0 Å². The molecule has 1 heterocycles. The smallest absolute Gasteiger partial charge is 0.255 e. The average Bonchev–Trinajstić information content (AvgIpc) is 3.19. The fourth-order valence-corrected chi connectivity index (χ4v) is 2.84. The molecule has 0 fully saturated rings. The summed E-state index contributed by atoms with van der Waals surface area (Å²) in [6.45, 7) is 6.21. The maximum atomic E-state index is 12.4. The molecule has 0 aliphatic carbocycles. The standard InChI is InChI=1S/C21H23N3O/c1-3-23(4-2)19-13-9-18(10-14-19)22-21(25)17-7-11-20(12-8-17)24-15-5-6-16-24/h5-16H,3-4H2,1-2H3,(H,22,25). The van der Waals surface area contributed by atoms with Gasteiger partial charge in [-0.05, 0) is 74.5 Å². The Morgan fingerprint density at radius 2 is 1.52 bits per heavy atom. The van der Waals surface area contributed by atoms with Gasteiger partial charge in [-0.1, -0.05) is 0 Å². The van der Waals surface area contributed by atoms with E-state index in [1.165, 1.54) is 5.69 Å². The van der Waals surface area contributed by atoms with E-state index in [-0.39, 0.29) is 5.91 Å². The topological polar surface area (TPSA) is 37.3 Å². The number of anilines is 2. The van der Waals surface area contributed by atoms with Crippen LogP contribution in [-0.2, 0) is 0 Å². The first kappa shape index (κ1) is 16.8. The molecule has 128 valence electrons. The first-order valence-corrected chi connectivity index (χ1v) is 8.61. The maximum Gasteiger partial charge on any atom is 0.255 e. The Morgan fingerprint density at radius 3 is 2.08 bits per heavy atom. The van der Waals surface area contributed by atoms with Crippen LogP contribution in [0.4, 0.5) is 11.4 Å². The molecule has 0 saturated heterocycles. The second kappa shape index (κ2) is 7.71. The zero-order chi connectivity index (χ0) is 17.6. The number of carbonyl (C=O) groups excluding carboxylic acids is 1. The number of benzene rings is 2. The van der Waals surface area contributed by atoms with Crippen LogP contribution in [0.3, 0.4) is 0 Å². The minimum atomic E-state index is -0.102. The second-order valence-corrected chi connectivity index (χ2v) is 5.81. The molecule has 1 amide bonds. The molecule has 4 nitrogen and oxygen atoms in total. The van der Waals surface area contributed by atoms with E-state index in [0.29, 0.717) is 5.56 Å². The molecule has 25 heavy (non-hydrogen) atoms. The molecule has 1 N–H and O–H groups in total. The fourth-order valence-electron chi connectivity index (χ4n) is 2.84. The highest BCUT2D eigenvalue weighted by Crippen LogP contribution is 2.18. The van der Waals surface area contributed by atoms with Gasteiger partial charge < -0.3 is 14.8 Å². The van der Waals surface area contributed by atoms with Gasteiger partial charge in [-0.2, -0.15) is 0 Å². The number of carbonyl (C=O) groups is 1. The van der Waals surface area contributed by atoms with Gasteiger partial charge in [0.2, 0.25) is 0 Å². The summed E-state index contributed by atoms with van der Waals surface area (Å²) < 4.78 is 2.01. The van der Waals surface area contributed by atoms with Crippen molar-refractivity contribution >= 4 is 17.3 Å². The molecule has 2 aromatic carbocycles. The van der Waals surface area contributed by atoms with E-state index in [1.807, 2.05) is 77.6 Å². The predicted molar refractivity (Wildman–Crippen MR) is 104 cm³/mol. The van der Waals surface area contributed by atoms with Crippen molar-refractivity contribution in [2.45, 2.75) is 13.8 Å². The highest BCUT2D eigenvalue weighted by molar-refractivity contribution is 6.04. The van der Waals surface area contributed by atoms with Crippen molar-refractivity contribution in [1.29, 1.82) is 0 Å².